The van der Waals surface area contributed by atoms with Gasteiger partial charge in [0.2, 0.25) is 29.5 Å². The summed E-state index contributed by atoms with van der Waals surface area (Å²) in [5.74, 6) is -5.90. The van der Waals surface area contributed by atoms with Crippen LogP contribution in [0.3, 0.4) is 0 Å². The van der Waals surface area contributed by atoms with Crippen molar-refractivity contribution in [2.24, 2.45) is 11.5 Å². The number of aliphatic carboxylic acids is 1. The predicted molar refractivity (Wildman–Crippen MR) is 135 cm³/mol. The van der Waals surface area contributed by atoms with E-state index in [9.17, 15) is 49.2 Å². The summed E-state index contributed by atoms with van der Waals surface area (Å²) in [5, 5.41) is 49.1. The Morgan fingerprint density at radius 3 is 1.87 bits per heavy atom. The SMILES string of the molecule is C[C@H](NC(=O)[C@@H](N)[C@@H](C)O)C(=O)N[C@@H](CO)C(=O)N[C@H](C(=O)NCC(=O)N[C@@H](CCCCN)C(=O)O)[C@@H](C)O. The van der Waals surface area contributed by atoms with Gasteiger partial charge in [-0.05, 0) is 46.6 Å². The molecule has 0 rings (SSSR count). The molecule has 17 nitrogen and oxygen atoms in total. The zero-order valence-corrected chi connectivity index (χ0v) is 22.2. The minimum Gasteiger partial charge on any atom is -0.480 e. The first kappa shape index (κ1) is 35.6. The second-order valence-corrected chi connectivity index (χ2v) is 8.93. The fourth-order valence-corrected chi connectivity index (χ4v) is 3.02. The molecule has 17 heteroatoms. The molecule has 224 valence electrons. The fourth-order valence-electron chi connectivity index (χ4n) is 3.02. The lowest BCUT2D eigenvalue weighted by molar-refractivity contribution is -0.142. The summed E-state index contributed by atoms with van der Waals surface area (Å²) in [5.41, 5.74) is 10.9. The molecule has 13 N–H and O–H groups in total. The topological polar surface area (TPSA) is 296 Å². The van der Waals surface area contributed by atoms with E-state index in [-0.39, 0.29) is 6.42 Å². The molecular weight excluding hydrogens is 522 g/mol. The normalized spacial score (nSPS) is 16.3. The van der Waals surface area contributed by atoms with Crippen LogP contribution in [-0.2, 0) is 28.8 Å². The molecule has 0 heterocycles. The van der Waals surface area contributed by atoms with Crippen molar-refractivity contribution in [3.05, 3.63) is 0 Å². The molecule has 0 aliphatic heterocycles. The van der Waals surface area contributed by atoms with Crippen molar-refractivity contribution < 1.29 is 49.2 Å². The molecule has 0 aromatic heterocycles. The molecule has 0 fully saturated rings. The van der Waals surface area contributed by atoms with Gasteiger partial charge in [-0.2, -0.15) is 0 Å². The Bertz CT molecular complexity index is 855. The van der Waals surface area contributed by atoms with E-state index in [1.165, 1.54) is 13.8 Å². The number of aliphatic hydroxyl groups excluding tert-OH is 3. The molecule has 0 bridgehead atoms. The third kappa shape index (κ3) is 13.3. The maximum Gasteiger partial charge on any atom is 0.326 e. The Morgan fingerprint density at radius 2 is 1.38 bits per heavy atom. The highest BCUT2D eigenvalue weighted by molar-refractivity contribution is 5.95. The molecule has 0 unspecified atom stereocenters. The molecular formula is C22H41N7O10. The number of carboxylic acids is 1. The number of aliphatic hydroxyl groups is 3. The largest absolute Gasteiger partial charge is 0.480 e. The van der Waals surface area contributed by atoms with Crippen LogP contribution in [0.15, 0.2) is 0 Å². The lowest BCUT2D eigenvalue weighted by atomic mass is 10.1. The first-order valence-electron chi connectivity index (χ1n) is 12.3. The van der Waals surface area contributed by atoms with E-state index < -0.39 is 91.1 Å². The summed E-state index contributed by atoms with van der Waals surface area (Å²) < 4.78 is 0. The number of amides is 5. The van der Waals surface area contributed by atoms with Crippen LogP contribution in [0.1, 0.15) is 40.0 Å². The number of carbonyl (C=O) groups is 6. The van der Waals surface area contributed by atoms with Gasteiger partial charge in [0.1, 0.15) is 30.2 Å². The minimum atomic E-state index is -1.61. The van der Waals surface area contributed by atoms with Gasteiger partial charge in [0.05, 0.1) is 25.4 Å². The predicted octanol–water partition coefficient (Wildman–Crippen LogP) is -5.64. The lowest BCUT2D eigenvalue weighted by Crippen LogP contribution is -2.60. The van der Waals surface area contributed by atoms with Gasteiger partial charge in [-0.3, -0.25) is 24.0 Å². The Morgan fingerprint density at radius 1 is 0.769 bits per heavy atom. The summed E-state index contributed by atoms with van der Waals surface area (Å²) in [4.78, 5) is 72.8. The number of unbranched alkanes of at least 4 members (excludes halogenated alkanes) is 1. The summed E-state index contributed by atoms with van der Waals surface area (Å²) in [7, 11) is 0. The number of nitrogens with two attached hydrogens (primary N) is 2. The van der Waals surface area contributed by atoms with Crippen LogP contribution in [0.4, 0.5) is 0 Å². The highest BCUT2D eigenvalue weighted by atomic mass is 16.4. The highest BCUT2D eigenvalue weighted by Crippen LogP contribution is 2.01. The third-order valence-electron chi connectivity index (χ3n) is 5.46. The number of rotatable bonds is 18. The van der Waals surface area contributed by atoms with Gasteiger partial charge in [0.25, 0.3) is 0 Å². The van der Waals surface area contributed by atoms with Crippen molar-refractivity contribution >= 4 is 35.5 Å². The quantitative estimate of drug-likeness (QED) is 0.0696. The van der Waals surface area contributed by atoms with Gasteiger partial charge in [-0.15, -0.1) is 0 Å². The van der Waals surface area contributed by atoms with Crippen LogP contribution < -0.4 is 38.1 Å². The van der Waals surface area contributed by atoms with E-state index in [4.69, 9.17) is 11.5 Å². The summed E-state index contributed by atoms with van der Waals surface area (Å²) >= 11 is 0. The molecule has 0 radical (unpaired) electrons. The van der Waals surface area contributed by atoms with Crippen molar-refractivity contribution in [3.63, 3.8) is 0 Å². The zero-order valence-electron chi connectivity index (χ0n) is 22.2. The Kier molecular flexibility index (Phi) is 16.4. The fraction of sp³-hybridized carbons (Fsp3) is 0.727. The van der Waals surface area contributed by atoms with Crippen LogP contribution in [0, 0.1) is 0 Å². The van der Waals surface area contributed by atoms with E-state index in [0.29, 0.717) is 19.4 Å². The number of hydrogen-bond acceptors (Lipinski definition) is 11. The van der Waals surface area contributed by atoms with Gasteiger partial charge in [-0.25, -0.2) is 4.79 Å². The van der Waals surface area contributed by atoms with Crippen LogP contribution in [0.25, 0.3) is 0 Å². The molecule has 0 saturated heterocycles. The first-order valence-corrected chi connectivity index (χ1v) is 12.3. The smallest absolute Gasteiger partial charge is 0.326 e. The number of hydrogen-bond donors (Lipinski definition) is 11. The van der Waals surface area contributed by atoms with E-state index >= 15 is 0 Å². The van der Waals surface area contributed by atoms with Gasteiger partial charge < -0.3 is 58.5 Å². The minimum absolute atomic E-state index is 0.127. The van der Waals surface area contributed by atoms with Crippen molar-refractivity contribution in [1.29, 1.82) is 0 Å². The van der Waals surface area contributed by atoms with E-state index in [1.54, 1.807) is 0 Å². The molecule has 5 amide bonds. The van der Waals surface area contributed by atoms with Crippen molar-refractivity contribution in [2.75, 3.05) is 19.7 Å². The Labute approximate surface area is 225 Å². The monoisotopic (exact) mass is 563 g/mol. The molecule has 39 heavy (non-hydrogen) atoms. The molecule has 0 spiro atoms. The highest BCUT2D eigenvalue weighted by Gasteiger charge is 2.31. The first-order chi connectivity index (χ1) is 18.2. The van der Waals surface area contributed by atoms with Gasteiger partial charge >= 0.3 is 5.97 Å². The Hall–Kier alpha value is -3.38. The van der Waals surface area contributed by atoms with Crippen molar-refractivity contribution in [3.8, 4) is 0 Å². The van der Waals surface area contributed by atoms with E-state index in [2.05, 4.69) is 26.6 Å². The van der Waals surface area contributed by atoms with Crippen LogP contribution in [0.2, 0.25) is 0 Å². The lowest BCUT2D eigenvalue weighted by Gasteiger charge is -2.25. The summed E-state index contributed by atoms with van der Waals surface area (Å²) in [6, 6.07) is -6.93. The van der Waals surface area contributed by atoms with Crippen molar-refractivity contribution in [2.45, 2.75) is 82.5 Å². The zero-order chi connectivity index (χ0) is 30.3. The Balaban J connectivity index is 5.05. The second kappa shape index (κ2) is 18.0. The molecule has 0 aromatic carbocycles. The summed E-state index contributed by atoms with van der Waals surface area (Å²) in [6.45, 7) is 2.49. The molecule has 0 aliphatic rings. The van der Waals surface area contributed by atoms with Gasteiger partial charge in [-0.1, -0.05) is 0 Å². The van der Waals surface area contributed by atoms with Crippen molar-refractivity contribution in [1.82, 2.24) is 26.6 Å². The van der Waals surface area contributed by atoms with E-state index in [1.807, 2.05) is 0 Å². The summed E-state index contributed by atoms with van der Waals surface area (Å²) in [6.07, 6.45) is -1.52. The van der Waals surface area contributed by atoms with E-state index in [0.717, 1.165) is 6.92 Å². The number of carbonyl (C=O) groups excluding carboxylic acids is 5. The van der Waals surface area contributed by atoms with Gasteiger partial charge in [0.15, 0.2) is 0 Å². The molecule has 0 aromatic rings. The maximum atomic E-state index is 12.6. The standard InChI is InChI=1S/C22H41N7O10/c1-10(26-20(36)16(24)11(2)31)18(34)28-14(9-30)19(35)29-17(12(3)32)21(37)25-8-15(33)27-13(22(38)39)6-4-5-7-23/h10-14,16-17,30-32H,4-9,23-24H2,1-3H3,(H,25,37)(H,26,36)(H,27,33)(H,28,34)(H,29,35)(H,38,39)/t10-,11+,12+,13-,14-,16-,17-/m0/s1. The van der Waals surface area contributed by atoms with Gasteiger partial charge in [0, 0.05) is 0 Å². The van der Waals surface area contributed by atoms with Crippen LogP contribution in [0.5, 0.6) is 0 Å². The number of carboxylic acid groups (broad SMARTS) is 1. The van der Waals surface area contributed by atoms with Crippen LogP contribution >= 0.6 is 0 Å². The molecule has 0 aliphatic carbocycles. The number of nitrogens with one attached hydrogen (secondary N) is 5. The third-order valence-corrected chi connectivity index (χ3v) is 5.46. The molecule has 0 saturated carbocycles. The maximum absolute atomic E-state index is 12.6. The van der Waals surface area contributed by atoms with Crippen LogP contribution in [-0.4, -0.2) is 118 Å². The average molecular weight is 564 g/mol. The molecule has 7 atom stereocenters. The average Bonchev–Trinajstić information content (AvgIpc) is 2.86. The second-order valence-electron chi connectivity index (χ2n) is 8.93.